The number of hydrogen-bond donors (Lipinski definition) is 6. The van der Waals surface area contributed by atoms with Crippen molar-refractivity contribution in [3.05, 3.63) is 94.3 Å². The minimum Gasteiger partial charge on any atom is -0.351 e. The van der Waals surface area contributed by atoms with Crippen molar-refractivity contribution in [2.75, 3.05) is 30.3 Å². The molecule has 17 heteroatoms. The summed E-state index contributed by atoms with van der Waals surface area (Å²) >= 11 is 6.02. The van der Waals surface area contributed by atoms with Crippen molar-refractivity contribution in [1.29, 1.82) is 0 Å². The van der Waals surface area contributed by atoms with E-state index in [2.05, 4.69) is 41.9 Å². The monoisotopic (exact) mass is 744 g/mol. The Morgan fingerprint density at radius 2 is 1.60 bits per heavy atom. The highest BCUT2D eigenvalue weighted by atomic mass is 35.5. The van der Waals surface area contributed by atoms with Crippen LogP contribution in [0.4, 0.5) is 28.9 Å². The number of carbonyl (C=O) groups is 3. The Hall–Kier alpha value is -5.22. The number of alkyl halides is 3. The fourth-order valence-corrected chi connectivity index (χ4v) is 5.14. The summed E-state index contributed by atoms with van der Waals surface area (Å²) in [6.45, 7) is 3.85. The number of halogens is 5. The summed E-state index contributed by atoms with van der Waals surface area (Å²) in [5.74, 6) is -3.42. The lowest BCUT2D eigenvalue weighted by atomic mass is 9.93. The molecule has 3 aromatic rings. The average Bonchev–Trinajstić information content (AvgIpc) is 3.86. The van der Waals surface area contributed by atoms with Crippen molar-refractivity contribution >= 4 is 52.6 Å². The zero-order valence-electron chi connectivity index (χ0n) is 28.4. The maximum Gasteiger partial charge on any atom is 0.411 e. The molecule has 0 aromatic heterocycles. The van der Waals surface area contributed by atoms with Crippen LogP contribution in [0.15, 0.2) is 76.7 Å². The first-order chi connectivity index (χ1) is 24.5. The van der Waals surface area contributed by atoms with Crippen molar-refractivity contribution in [2.45, 2.75) is 51.7 Å². The third kappa shape index (κ3) is 10.6. The molecule has 1 aliphatic carbocycles. The molecule has 52 heavy (non-hydrogen) atoms. The lowest BCUT2D eigenvalue weighted by molar-refractivity contribution is -0.186. The van der Waals surface area contributed by atoms with Crippen molar-refractivity contribution in [3.63, 3.8) is 0 Å². The van der Waals surface area contributed by atoms with Crippen molar-refractivity contribution in [3.8, 4) is 0 Å². The Kier molecular flexibility index (Phi) is 11.4. The zero-order valence-corrected chi connectivity index (χ0v) is 29.1. The van der Waals surface area contributed by atoms with Crippen LogP contribution in [-0.4, -0.2) is 61.9 Å². The number of nitrogens with one attached hydrogen (secondary N) is 6. The molecule has 1 saturated carbocycles. The third-order valence-corrected chi connectivity index (χ3v) is 8.32. The lowest BCUT2D eigenvalue weighted by Crippen LogP contribution is -2.48. The van der Waals surface area contributed by atoms with E-state index in [4.69, 9.17) is 16.3 Å². The predicted octanol–water partition coefficient (Wildman–Crippen LogP) is 5.17. The number of anilines is 2. The van der Waals surface area contributed by atoms with Gasteiger partial charge in [0, 0.05) is 29.5 Å². The quantitative estimate of drug-likeness (QED) is 0.117. The first kappa shape index (κ1) is 38.0. The Morgan fingerprint density at radius 1 is 0.942 bits per heavy atom. The van der Waals surface area contributed by atoms with Crippen LogP contribution in [0.2, 0.25) is 5.02 Å². The topological polar surface area (TPSA) is 157 Å². The van der Waals surface area contributed by atoms with Gasteiger partial charge >= 0.3 is 18.0 Å². The van der Waals surface area contributed by atoms with Gasteiger partial charge < -0.3 is 36.6 Å². The van der Waals surface area contributed by atoms with Crippen LogP contribution >= 0.6 is 11.6 Å². The third-order valence-electron chi connectivity index (χ3n) is 8.07. The lowest BCUT2D eigenvalue weighted by Gasteiger charge is -2.26. The number of guanidine groups is 2. The van der Waals surface area contributed by atoms with E-state index in [9.17, 15) is 27.6 Å². The summed E-state index contributed by atoms with van der Waals surface area (Å²) in [6, 6.07) is 17.7. The van der Waals surface area contributed by atoms with Gasteiger partial charge in [-0.25, -0.2) is 4.39 Å². The highest BCUT2D eigenvalue weighted by Crippen LogP contribution is 2.45. The minimum atomic E-state index is -4.62. The molecule has 2 aliphatic rings. The second kappa shape index (κ2) is 15.6. The molecular weight excluding hydrogens is 708 g/mol. The summed E-state index contributed by atoms with van der Waals surface area (Å²) in [4.78, 5) is 46.0. The first-order valence-electron chi connectivity index (χ1n) is 16.2. The largest absolute Gasteiger partial charge is 0.411 e. The number of amides is 3. The average molecular weight is 745 g/mol. The highest BCUT2D eigenvalue weighted by molar-refractivity contribution is 6.39. The molecule has 0 spiro atoms. The molecule has 0 bridgehead atoms. The number of aryl methyl sites for hydroxylation is 1. The summed E-state index contributed by atoms with van der Waals surface area (Å²) in [5.41, 5.74) is 0.924. The number of nitrogens with zero attached hydrogens (tertiary/aromatic N) is 2. The molecule has 0 radical (unpaired) electrons. The molecule has 6 N–H and O–H groups in total. The van der Waals surface area contributed by atoms with Crippen LogP contribution in [0.3, 0.4) is 0 Å². The van der Waals surface area contributed by atoms with Gasteiger partial charge in [0.1, 0.15) is 12.4 Å². The van der Waals surface area contributed by atoms with E-state index in [-0.39, 0.29) is 36.3 Å². The van der Waals surface area contributed by atoms with Crippen LogP contribution < -0.4 is 31.9 Å². The number of carbonyl (C=O) groups excluding carboxylic acids is 3. The minimum absolute atomic E-state index is 0.0111. The highest BCUT2D eigenvalue weighted by Gasteiger charge is 2.45. The van der Waals surface area contributed by atoms with Gasteiger partial charge in [0.2, 0.25) is 18.3 Å². The van der Waals surface area contributed by atoms with Gasteiger partial charge in [-0.1, -0.05) is 55.3 Å². The van der Waals surface area contributed by atoms with Crippen LogP contribution in [0, 0.1) is 18.2 Å². The van der Waals surface area contributed by atoms with Gasteiger partial charge in [0.25, 0.3) is 5.91 Å². The number of hydrogen-bond acceptors (Lipinski definition) is 9. The second-order valence-electron chi connectivity index (χ2n) is 13.2. The predicted molar refractivity (Wildman–Crippen MR) is 188 cm³/mol. The zero-order chi connectivity index (χ0) is 37.7. The molecule has 1 aliphatic heterocycles. The summed E-state index contributed by atoms with van der Waals surface area (Å²) in [7, 11) is 0. The molecular formula is C35H37ClF4N8O4. The van der Waals surface area contributed by atoms with Crippen LogP contribution in [0.1, 0.15) is 48.2 Å². The molecule has 276 valence electrons. The fraction of sp³-hybridized carbons (Fsp3) is 0.343. The molecule has 5 rings (SSSR count). The van der Waals surface area contributed by atoms with Crippen molar-refractivity contribution in [2.24, 2.45) is 15.4 Å². The molecule has 0 saturated heterocycles. The summed E-state index contributed by atoms with van der Waals surface area (Å²) in [6.07, 6.45) is -4.68. The number of rotatable bonds is 11. The van der Waals surface area contributed by atoms with E-state index in [0.717, 1.165) is 17.2 Å². The maximum absolute atomic E-state index is 15.2. The van der Waals surface area contributed by atoms with Gasteiger partial charge in [-0.15, -0.1) is 0 Å². The Balaban J connectivity index is 1.18. The van der Waals surface area contributed by atoms with Crippen LogP contribution in [-0.2, 0) is 19.9 Å². The van der Waals surface area contributed by atoms with Crippen molar-refractivity contribution in [1.82, 2.24) is 21.3 Å². The molecule has 3 amide bonds. The van der Waals surface area contributed by atoms with Crippen LogP contribution in [0.5, 0.6) is 0 Å². The van der Waals surface area contributed by atoms with Gasteiger partial charge in [0.15, 0.2) is 0 Å². The standard InChI is InChI=1S/C35H37ClF4N8O4/c1-20-4-10-23(11-5-20)43-29(51)28(50)42-18-33(2,3)17-41-27(49)25-13-12-24(16-26(25)37)44-30-45-31(47-32(46-30)52-19-35(38,39)40)48-34(14-15-34)21-6-8-22(36)9-7-21/h4-13,16,32H,14-15,17-19H2,1-3H3,(H,41,49)(H,42,50)(H,43,51)(H3,44,45,46,47,48). The number of aliphatic imine (C=N–C) groups is 2. The van der Waals surface area contributed by atoms with E-state index >= 15 is 4.39 Å². The Bertz CT molecular complexity index is 1860. The summed E-state index contributed by atoms with van der Waals surface area (Å²) < 4.78 is 59.0. The van der Waals surface area contributed by atoms with Gasteiger partial charge in [0.05, 0.1) is 11.1 Å². The molecule has 1 unspecified atom stereocenters. The number of ether oxygens (including phenoxy) is 1. The SMILES string of the molecule is Cc1ccc(NC(=O)C(=O)NCC(C)(C)CNC(=O)c2ccc(NC3=NC(NC4(c5ccc(Cl)cc5)CC4)=NC(OCC(F)(F)F)N3)cc2F)cc1. The molecule has 1 fully saturated rings. The fourth-order valence-electron chi connectivity index (χ4n) is 5.01. The van der Waals surface area contributed by atoms with Crippen LogP contribution in [0.25, 0.3) is 0 Å². The summed E-state index contributed by atoms with van der Waals surface area (Å²) in [5, 5.41) is 16.8. The van der Waals surface area contributed by atoms with E-state index < -0.39 is 53.6 Å². The van der Waals surface area contributed by atoms with Gasteiger partial charge in [-0.05, 0) is 73.2 Å². The normalized spacial score (nSPS) is 16.4. The van der Waals surface area contributed by atoms with Crippen molar-refractivity contribution < 1.29 is 36.7 Å². The van der Waals surface area contributed by atoms with Gasteiger partial charge in [-0.3, -0.25) is 14.4 Å². The second-order valence-corrected chi connectivity index (χ2v) is 13.7. The number of benzene rings is 3. The smallest absolute Gasteiger partial charge is 0.351 e. The molecule has 1 heterocycles. The first-order valence-corrected chi connectivity index (χ1v) is 16.5. The molecule has 1 atom stereocenters. The maximum atomic E-state index is 15.2. The van der Waals surface area contributed by atoms with E-state index in [1.807, 2.05) is 19.1 Å². The Morgan fingerprint density at radius 3 is 2.23 bits per heavy atom. The van der Waals surface area contributed by atoms with E-state index in [1.54, 1.807) is 50.2 Å². The van der Waals surface area contributed by atoms with E-state index in [0.29, 0.717) is 23.6 Å². The van der Waals surface area contributed by atoms with E-state index in [1.165, 1.54) is 12.1 Å². The Labute approximate surface area is 301 Å². The van der Waals surface area contributed by atoms with Gasteiger partial charge in [-0.2, -0.15) is 23.2 Å². The molecule has 3 aromatic carbocycles. The molecule has 12 nitrogen and oxygen atoms in total.